The SMILES string of the molecule is CCc1cc(O)ccc1NS(=O)(=O)c1csc2ccc(Cl)cc12. The first-order chi connectivity index (χ1) is 10.9. The fourth-order valence-electron chi connectivity index (χ4n) is 2.36. The summed E-state index contributed by atoms with van der Waals surface area (Å²) in [6.45, 7) is 1.90. The quantitative estimate of drug-likeness (QED) is 0.661. The number of hydrogen-bond donors (Lipinski definition) is 2. The first-order valence-electron chi connectivity index (χ1n) is 6.92. The Balaban J connectivity index is 2.06. The second-order valence-electron chi connectivity index (χ2n) is 5.04. The van der Waals surface area contributed by atoms with E-state index in [0.717, 1.165) is 10.3 Å². The lowest BCUT2D eigenvalue weighted by Gasteiger charge is -2.11. The highest BCUT2D eigenvalue weighted by atomic mass is 35.5. The molecule has 0 unspecified atom stereocenters. The van der Waals surface area contributed by atoms with Crippen LogP contribution in [0.15, 0.2) is 46.7 Å². The molecule has 0 spiro atoms. The van der Waals surface area contributed by atoms with Crippen molar-refractivity contribution < 1.29 is 13.5 Å². The van der Waals surface area contributed by atoms with Crippen LogP contribution >= 0.6 is 22.9 Å². The number of halogens is 1. The van der Waals surface area contributed by atoms with Gasteiger partial charge in [-0.05, 0) is 48.4 Å². The number of benzene rings is 2. The van der Waals surface area contributed by atoms with Crippen LogP contribution in [0.3, 0.4) is 0 Å². The number of sulfonamides is 1. The van der Waals surface area contributed by atoms with Gasteiger partial charge in [-0.25, -0.2) is 8.42 Å². The molecule has 0 bridgehead atoms. The van der Waals surface area contributed by atoms with Gasteiger partial charge in [0.1, 0.15) is 10.6 Å². The average Bonchev–Trinajstić information content (AvgIpc) is 2.92. The topological polar surface area (TPSA) is 66.4 Å². The van der Waals surface area contributed by atoms with Crippen molar-refractivity contribution in [1.29, 1.82) is 0 Å². The number of fused-ring (bicyclic) bond motifs is 1. The number of thiophene rings is 1. The van der Waals surface area contributed by atoms with Gasteiger partial charge < -0.3 is 5.11 Å². The van der Waals surface area contributed by atoms with Gasteiger partial charge in [-0.1, -0.05) is 18.5 Å². The van der Waals surface area contributed by atoms with Gasteiger partial charge in [0.2, 0.25) is 0 Å². The van der Waals surface area contributed by atoms with Crippen LogP contribution in [0, 0.1) is 0 Å². The van der Waals surface area contributed by atoms with E-state index in [1.165, 1.54) is 17.4 Å². The molecule has 0 atom stereocenters. The monoisotopic (exact) mass is 367 g/mol. The van der Waals surface area contributed by atoms with Gasteiger partial charge in [0, 0.05) is 20.5 Å². The van der Waals surface area contributed by atoms with Gasteiger partial charge >= 0.3 is 0 Å². The summed E-state index contributed by atoms with van der Waals surface area (Å²) in [5, 5.41) is 12.2. The molecule has 120 valence electrons. The summed E-state index contributed by atoms with van der Waals surface area (Å²) >= 11 is 7.34. The molecule has 0 saturated carbocycles. The van der Waals surface area contributed by atoms with Crippen LogP contribution in [-0.4, -0.2) is 13.5 Å². The molecule has 0 fully saturated rings. The van der Waals surface area contributed by atoms with E-state index in [0.29, 0.717) is 22.5 Å². The Bertz CT molecular complexity index is 980. The number of hydrogen-bond acceptors (Lipinski definition) is 4. The Morgan fingerprint density at radius 1 is 1.22 bits per heavy atom. The van der Waals surface area contributed by atoms with Gasteiger partial charge in [-0.2, -0.15) is 0 Å². The van der Waals surface area contributed by atoms with Crippen LogP contribution in [0.2, 0.25) is 5.02 Å². The smallest absolute Gasteiger partial charge is 0.263 e. The van der Waals surface area contributed by atoms with E-state index in [1.807, 2.05) is 6.92 Å². The van der Waals surface area contributed by atoms with Crippen molar-refractivity contribution in [3.8, 4) is 5.75 Å². The predicted octanol–water partition coefficient (Wildman–Crippen LogP) is 4.62. The highest BCUT2D eigenvalue weighted by Gasteiger charge is 2.20. The molecule has 0 aliphatic rings. The first-order valence-corrected chi connectivity index (χ1v) is 9.66. The van der Waals surface area contributed by atoms with E-state index in [-0.39, 0.29) is 10.6 Å². The van der Waals surface area contributed by atoms with E-state index < -0.39 is 10.0 Å². The maximum Gasteiger partial charge on any atom is 0.263 e. The highest BCUT2D eigenvalue weighted by molar-refractivity contribution is 7.93. The zero-order valence-corrected chi connectivity index (χ0v) is 14.6. The largest absolute Gasteiger partial charge is 0.508 e. The normalized spacial score (nSPS) is 11.7. The van der Waals surface area contributed by atoms with Crippen molar-refractivity contribution in [2.75, 3.05) is 4.72 Å². The summed E-state index contributed by atoms with van der Waals surface area (Å²) in [5.41, 5.74) is 1.19. The number of nitrogens with one attached hydrogen (secondary N) is 1. The Kier molecular flexibility index (Phi) is 4.23. The molecule has 2 aromatic carbocycles. The number of aryl methyl sites for hydroxylation is 1. The lowest BCUT2D eigenvalue weighted by atomic mass is 10.1. The second kappa shape index (κ2) is 6.03. The molecule has 0 aliphatic carbocycles. The molecule has 3 rings (SSSR count). The fraction of sp³-hybridized carbons (Fsp3) is 0.125. The summed E-state index contributed by atoms with van der Waals surface area (Å²) in [4.78, 5) is 0.204. The van der Waals surface area contributed by atoms with Crippen molar-refractivity contribution in [3.63, 3.8) is 0 Å². The minimum atomic E-state index is -3.74. The van der Waals surface area contributed by atoms with E-state index in [9.17, 15) is 13.5 Å². The van der Waals surface area contributed by atoms with Gasteiger partial charge in [0.05, 0.1) is 5.69 Å². The maximum atomic E-state index is 12.7. The Hall–Kier alpha value is -1.76. The molecule has 0 amide bonds. The molecular formula is C16H14ClNO3S2. The van der Waals surface area contributed by atoms with Crippen LogP contribution < -0.4 is 4.72 Å². The van der Waals surface area contributed by atoms with Crippen LogP contribution in [0.5, 0.6) is 5.75 Å². The molecule has 0 saturated heterocycles. The van der Waals surface area contributed by atoms with Crippen molar-refractivity contribution in [3.05, 3.63) is 52.4 Å². The third kappa shape index (κ3) is 3.15. The minimum Gasteiger partial charge on any atom is -0.508 e. The van der Waals surface area contributed by atoms with Gasteiger partial charge in [-0.3, -0.25) is 4.72 Å². The van der Waals surface area contributed by atoms with E-state index >= 15 is 0 Å². The number of aromatic hydroxyl groups is 1. The summed E-state index contributed by atoms with van der Waals surface area (Å²) in [6.07, 6.45) is 0.600. The van der Waals surface area contributed by atoms with Crippen LogP contribution in [0.25, 0.3) is 10.1 Å². The summed E-state index contributed by atoms with van der Waals surface area (Å²) < 4.78 is 28.9. The number of phenolic OH excluding ortho intramolecular Hbond substituents is 1. The molecule has 7 heteroatoms. The van der Waals surface area contributed by atoms with E-state index in [2.05, 4.69) is 4.72 Å². The van der Waals surface area contributed by atoms with Gasteiger partial charge in [-0.15, -0.1) is 11.3 Å². The number of rotatable bonds is 4. The Morgan fingerprint density at radius 2 is 2.00 bits per heavy atom. The summed E-state index contributed by atoms with van der Waals surface area (Å²) in [6, 6.07) is 9.77. The molecule has 1 heterocycles. The third-order valence-corrected chi connectivity index (χ3v) is 6.26. The predicted molar refractivity (Wildman–Crippen MR) is 95.1 cm³/mol. The number of phenols is 1. The molecule has 0 radical (unpaired) electrons. The Morgan fingerprint density at radius 3 is 2.74 bits per heavy atom. The zero-order chi connectivity index (χ0) is 16.6. The molecule has 4 nitrogen and oxygen atoms in total. The lowest BCUT2D eigenvalue weighted by molar-refractivity contribution is 0.474. The van der Waals surface area contributed by atoms with Crippen LogP contribution in [-0.2, 0) is 16.4 Å². The molecule has 3 aromatic rings. The van der Waals surface area contributed by atoms with Crippen LogP contribution in [0.1, 0.15) is 12.5 Å². The highest BCUT2D eigenvalue weighted by Crippen LogP contribution is 2.33. The van der Waals surface area contributed by atoms with Crippen molar-refractivity contribution in [2.45, 2.75) is 18.2 Å². The standard InChI is InChI=1S/C16H14ClNO3S2/c1-2-10-7-12(19)4-5-14(10)18-23(20,21)16-9-22-15-6-3-11(17)8-13(15)16/h3-9,18-19H,2H2,1H3. The fourth-order valence-corrected chi connectivity index (χ4v) is 5.11. The van der Waals surface area contributed by atoms with Crippen molar-refractivity contribution >= 4 is 48.7 Å². The molecule has 23 heavy (non-hydrogen) atoms. The van der Waals surface area contributed by atoms with Crippen molar-refractivity contribution in [2.24, 2.45) is 0 Å². The van der Waals surface area contributed by atoms with E-state index in [1.54, 1.807) is 35.7 Å². The lowest BCUT2D eigenvalue weighted by Crippen LogP contribution is -2.13. The minimum absolute atomic E-state index is 0.109. The van der Waals surface area contributed by atoms with Crippen LogP contribution in [0.4, 0.5) is 5.69 Å². The summed E-state index contributed by atoms with van der Waals surface area (Å²) in [5.74, 6) is 0.109. The van der Waals surface area contributed by atoms with Crippen molar-refractivity contribution in [1.82, 2.24) is 0 Å². The molecule has 2 N–H and O–H groups in total. The van der Waals surface area contributed by atoms with Gasteiger partial charge in [0.25, 0.3) is 10.0 Å². The maximum absolute atomic E-state index is 12.7. The summed E-state index contributed by atoms with van der Waals surface area (Å²) in [7, 11) is -3.74. The molecule has 0 aliphatic heterocycles. The zero-order valence-electron chi connectivity index (χ0n) is 12.2. The number of anilines is 1. The van der Waals surface area contributed by atoms with E-state index in [4.69, 9.17) is 11.6 Å². The molecular weight excluding hydrogens is 354 g/mol. The average molecular weight is 368 g/mol. The van der Waals surface area contributed by atoms with Gasteiger partial charge in [0.15, 0.2) is 0 Å². The third-order valence-electron chi connectivity index (χ3n) is 3.50. The molecule has 1 aromatic heterocycles. The second-order valence-corrected chi connectivity index (χ2v) is 8.04. The Labute approximate surface area is 143 Å². The first kappa shape index (κ1) is 16.1.